The van der Waals surface area contributed by atoms with Gasteiger partial charge >= 0.3 is 0 Å². The van der Waals surface area contributed by atoms with Crippen LogP contribution in [0.5, 0.6) is 0 Å². The van der Waals surface area contributed by atoms with Crippen molar-refractivity contribution in [2.75, 3.05) is 22.9 Å². The zero-order chi connectivity index (χ0) is 15.7. The van der Waals surface area contributed by atoms with Crippen LogP contribution in [0.2, 0.25) is 0 Å². The highest BCUT2D eigenvalue weighted by molar-refractivity contribution is 6.08. The number of halogens is 1. The van der Waals surface area contributed by atoms with Crippen LogP contribution in [-0.4, -0.2) is 25.0 Å². The summed E-state index contributed by atoms with van der Waals surface area (Å²) in [5, 5.41) is 0. The van der Waals surface area contributed by atoms with Crippen LogP contribution in [0.1, 0.15) is 24.2 Å². The van der Waals surface area contributed by atoms with Gasteiger partial charge in [-0.1, -0.05) is 12.1 Å². The Kier molecular flexibility index (Phi) is 3.84. The van der Waals surface area contributed by atoms with Gasteiger partial charge in [0, 0.05) is 24.7 Å². The van der Waals surface area contributed by atoms with Crippen LogP contribution in [0.15, 0.2) is 48.5 Å². The second-order valence-corrected chi connectivity index (χ2v) is 5.55. The number of hydrogen-bond acceptors (Lipinski definition) is 2. The molecule has 3 nitrogen and oxygen atoms in total. The Hall–Kier alpha value is -2.36. The van der Waals surface area contributed by atoms with Gasteiger partial charge in [-0.05, 0) is 50.2 Å². The van der Waals surface area contributed by atoms with E-state index in [9.17, 15) is 9.18 Å². The second kappa shape index (κ2) is 5.79. The van der Waals surface area contributed by atoms with Crippen LogP contribution in [0.4, 0.5) is 15.8 Å². The minimum Gasteiger partial charge on any atom is -0.366 e. The lowest BCUT2D eigenvalue weighted by Gasteiger charge is -2.42. The molecule has 1 atom stereocenters. The van der Waals surface area contributed by atoms with Crippen molar-refractivity contribution in [3.05, 3.63) is 59.9 Å². The number of para-hydroxylation sites is 2. The molecule has 0 aromatic heterocycles. The van der Waals surface area contributed by atoms with E-state index in [1.165, 1.54) is 24.3 Å². The zero-order valence-electron chi connectivity index (χ0n) is 12.8. The number of likely N-dealkylation sites (N-methyl/N-ethyl adjacent to an activating group) is 1. The van der Waals surface area contributed by atoms with Gasteiger partial charge in [0.1, 0.15) is 5.82 Å². The molecule has 1 amide bonds. The molecule has 0 aliphatic carbocycles. The molecule has 0 radical (unpaired) electrons. The molecule has 22 heavy (non-hydrogen) atoms. The number of carbonyl (C=O) groups excluding carboxylic acids is 1. The number of amides is 1. The van der Waals surface area contributed by atoms with E-state index in [1.54, 1.807) is 4.90 Å². The minimum absolute atomic E-state index is 0.0879. The molecule has 0 spiro atoms. The van der Waals surface area contributed by atoms with Gasteiger partial charge in [-0.3, -0.25) is 4.79 Å². The molecule has 114 valence electrons. The fraction of sp³-hybridized carbons (Fsp3) is 0.278. The summed E-state index contributed by atoms with van der Waals surface area (Å²) in [6.45, 7) is 5.76. The fourth-order valence-corrected chi connectivity index (χ4v) is 3.06. The molecule has 2 aromatic rings. The van der Waals surface area contributed by atoms with Gasteiger partial charge in [0.25, 0.3) is 5.91 Å². The van der Waals surface area contributed by atoms with E-state index in [0.29, 0.717) is 12.1 Å². The number of anilines is 2. The Balaban J connectivity index is 2.00. The summed E-state index contributed by atoms with van der Waals surface area (Å²) in [6, 6.07) is 13.9. The number of benzene rings is 2. The SMILES string of the molecule is CCN1c2ccccc2N(C(=O)c2ccc(F)cc2)CC1C. The highest BCUT2D eigenvalue weighted by atomic mass is 19.1. The molecule has 2 aromatic carbocycles. The van der Waals surface area contributed by atoms with Crippen LogP contribution in [0.3, 0.4) is 0 Å². The summed E-state index contributed by atoms with van der Waals surface area (Å²) >= 11 is 0. The first-order valence-corrected chi connectivity index (χ1v) is 7.55. The van der Waals surface area contributed by atoms with Crippen molar-refractivity contribution in [3.63, 3.8) is 0 Å². The quantitative estimate of drug-likeness (QED) is 0.844. The third kappa shape index (κ3) is 2.45. The van der Waals surface area contributed by atoms with E-state index in [0.717, 1.165) is 17.9 Å². The number of rotatable bonds is 2. The van der Waals surface area contributed by atoms with Crippen molar-refractivity contribution in [1.29, 1.82) is 0 Å². The Morgan fingerprint density at radius 1 is 1.14 bits per heavy atom. The third-order valence-electron chi connectivity index (χ3n) is 4.14. The summed E-state index contributed by atoms with van der Waals surface area (Å²) in [7, 11) is 0. The van der Waals surface area contributed by atoms with Gasteiger partial charge in [0.15, 0.2) is 0 Å². The predicted octanol–water partition coefficient (Wildman–Crippen LogP) is 3.70. The second-order valence-electron chi connectivity index (χ2n) is 5.55. The first-order valence-electron chi connectivity index (χ1n) is 7.55. The molecule has 1 aliphatic heterocycles. The topological polar surface area (TPSA) is 23.6 Å². The summed E-state index contributed by atoms with van der Waals surface area (Å²) in [5.74, 6) is -0.420. The Morgan fingerprint density at radius 2 is 1.77 bits per heavy atom. The number of carbonyl (C=O) groups is 1. The van der Waals surface area contributed by atoms with E-state index in [4.69, 9.17) is 0 Å². The molecular weight excluding hydrogens is 279 g/mol. The average molecular weight is 298 g/mol. The van der Waals surface area contributed by atoms with E-state index in [2.05, 4.69) is 18.7 Å². The Morgan fingerprint density at radius 3 is 2.41 bits per heavy atom. The van der Waals surface area contributed by atoms with Gasteiger partial charge < -0.3 is 9.80 Å². The molecule has 0 N–H and O–H groups in total. The molecule has 3 rings (SSSR count). The molecule has 1 heterocycles. The van der Waals surface area contributed by atoms with E-state index in [-0.39, 0.29) is 17.8 Å². The first kappa shape index (κ1) is 14.6. The lowest BCUT2D eigenvalue weighted by Crippen LogP contribution is -2.49. The van der Waals surface area contributed by atoms with Crippen molar-refractivity contribution in [1.82, 2.24) is 0 Å². The Labute approximate surface area is 130 Å². The van der Waals surface area contributed by atoms with Gasteiger partial charge in [0.2, 0.25) is 0 Å². The molecular formula is C18H19FN2O. The summed E-state index contributed by atoms with van der Waals surface area (Å²) < 4.78 is 13.1. The standard InChI is InChI=1S/C18H19FN2O/c1-3-20-13(2)12-21(17-7-5-4-6-16(17)20)18(22)14-8-10-15(19)11-9-14/h4-11,13H,3,12H2,1-2H3. The van der Waals surface area contributed by atoms with Gasteiger partial charge in [-0.2, -0.15) is 0 Å². The molecule has 0 saturated heterocycles. The van der Waals surface area contributed by atoms with E-state index >= 15 is 0 Å². The average Bonchev–Trinajstić information content (AvgIpc) is 2.54. The highest BCUT2D eigenvalue weighted by Gasteiger charge is 2.30. The van der Waals surface area contributed by atoms with Crippen molar-refractivity contribution in [2.45, 2.75) is 19.9 Å². The van der Waals surface area contributed by atoms with Crippen LogP contribution in [0, 0.1) is 5.82 Å². The number of hydrogen-bond donors (Lipinski definition) is 0. The highest BCUT2D eigenvalue weighted by Crippen LogP contribution is 2.35. The Bertz CT molecular complexity index is 684. The molecule has 0 bridgehead atoms. The molecule has 4 heteroatoms. The zero-order valence-corrected chi connectivity index (χ0v) is 12.8. The monoisotopic (exact) mass is 298 g/mol. The largest absolute Gasteiger partial charge is 0.366 e. The van der Waals surface area contributed by atoms with Crippen LogP contribution < -0.4 is 9.80 Å². The predicted molar refractivity (Wildman–Crippen MR) is 87.0 cm³/mol. The minimum atomic E-state index is -0.332. The lowest BCUT2D eigenvalue weighted by atomic mass is 10.1. The summed E-state index contributed by atoms with van der Waals surface area (Å²) in [6.07, 6.45) is 0. The van der Waals surface area contributed by atoms with Crippen LogP contribution in [-0.2, 0) is 0 Å². The smallest absolute Gasteiger partial charge is 0.258 e. The normalized spacial score (nSPS) is 17.3. The van der Waals surface area contributed by atoms with Crippen molar-refractivity contribution < 1.29 is 9.18 Å². The maximum atomic E-state index is 13.1. The maximum Gasteiger partial charge on any atom is 0.258 e. The molecule has 1 unspecified atom stereocenters. The fourth-order valence-electron chi connectivity index (χ4n) is 3.06. The molecule has 1 aliphatic rings. The van der Waals surface area contributed by atoms with Gasteiger partial charge in [-0.25, -0.2) is 4.39 Å². The number of fused-ring (bicyclic) bond motifs is 1. The van der Waals surface area contributed by atoms with Gasteiger partial charge in [0.05, 0.1) is 11.4 Å². The van der Waals surface area contributed by atoms with E-state index in [1.807, 2.05) is 24.3 Å². The third-order valence-corrected chi connectivity index (χ3v) is 4.14. The first-order chi connectivity index (χ1) is 10.6. The van der Waals surface area contributed by atoms with Crippen LogP contribution in [0.25, 0.3) is 0 Å². The molecule has 0 fully saturated rings. The van der Waals surface area contributed by atoms with Gasteiger partial charge in [-0.15, -0.1) is 0 Å². The summed E-state index contributed by atoms with van der Waals surface area (Å²) in [5.41, 5.74) is 2.49. The maximum absolute atomic E-state index is 13.1. The molecule has 0 saturated carbocycles. The number of nitrogens with zero attached hydrogens (tertiary/aromatic N) is 2. The van der Waals surface area contributed by atoms with Crippen molar-refractivity contribution in [2.24, 2.45) is 0 Å². The van der Waals surface area contributed by atoms with E-state index < -0.39 is 0 Å². The van der Waals surface area contributed by atoms with Crippen molar-refractivity contribution in [3.8, 4) is 0 Å². The lowest BCUT2D eigenvalue weighted by molar-refractivity contribution is 0.0984. The van der Waals surface area contributed by atoms with Crippen molar-refractivity contribution >= 4 is 17.3 Å². The summed E-state index contributed by atoms with van der Waals surface area (Å²) in [4.78, 5) is 16.9. The van der Waals surface area contributed by atoms with Crippen LogP contribution >= 0.6 is 0 Å².